The van der Waals surface area contributed by atoms with Crippen LogP contribution in [0.25, 0.3) is 10.9 Å². The summed E-state index contributed by atoms with van der Waals surface area (Å²) >= 11 is 0. The highest BCUT2D eigenvalue weighted by Gasteiger charge is 2.18. The Balaban J connectivity index is 2.35. The third-order valence-electron chi connectivity index (χ3n) is 3.24. The van der Waals surface area contributed by atoms with E-state index in [4.69, 9.17) is 5.26 Å². The molecule has 1 atom stereocenters. The number of amides is 1. The maximum absolute atomic E-state index is 12.4. The first-order chi connectivity index (χ1) is 9.04. The van der Waals surface area contributed by atoms with Crippen LogP contribution in [0.4, 0.5) is 0 Å². The van der Waals surface area contributed by atoms with Gasteiger partial charge >= 0.3 is 0 Å². The topological polar surface area (TPSA) is 49.0 Å². The molecule has 0 aliphatic rings. The van der Waals surface area contributed by atoms with E-state index < -0.39 is 0 Å². The van der Waals surface area contributed by atoms with Crippen LogP contribution in [0, 0.1) is 17.2 Å². The Kier molecular flexibility index (Phi) is 3.57. The highest BCUT2D eigenvalue weighted by molar-refractivity contribution is 6.06. The first kappa shape index (κ1) is 13.2. The summed E-state index contributed by atoms with van der Waals surface area (Å²) in [6, 6.07) is 9.97. The molecule has 0 saturated carbocycles. The van der Waals surface area contributed by atoms with Crippen molar-refractivity contribution in [2.45, 2.75) is 6.92 Å². The van der Waals surface area contributed by atoms with Crippen LogP contribution in [-0.4, -0.2) is 29.0 Å². The minimum Gasteiger partial charge on any atom is -0.350 e. The first-order valence-corrected chi connectivity index (χ1v) is 6.23. The van der Waals surface area contributed by atoms with E-state index in [-0.39, 0.29) is 11.8 Å². The molecule has 1 heterocycles. The van der Waals surface area contributed by atoms with Crippen LogP contribution < -0.4 is 0 Å². The van der Waals surface area contributed by atoms with E-state index in [2.05, 4.69) is 6.07 Å². The van der Waals surface area contributed by atoms with Crippen molar-refractivity contribution < 1.29 is 4.79 Å². The lowest BCUT2D eigenvalue weighted by Crippen LogP contribution is -2.30. The normalized spacial score (nSPS) is 12.1. The number of nitrogens with zero attached hydrogens (tertiary/aromatic N) is 3. The van der Waals surface area contributed by atoms with E-state index in [0.717, 1.165) is 10.9 Å². The molecular formula is C15H17N3O. The number of carbonyl (C=O) groups excluding carboxylic acids is 1. The van der Waals surface area contributed by atoms with Crippen LogP contribution in [0.5, 0.6) is 0 Å². The van der Waals surface area contributed by atoms with E-state index >= 15 is 0 Å². The van der Waals surface area contributed by atoms with Crippen molar-refractivity contribution in [2.75, 3.05) is 13.6 Å². The highest BCUT2D eigenvalue weighted by atomic mass is 16.2. The van der Waals surface area contributed by atoms with E-state index in [1.807, 2.05) is 49.0 Å². The minimum atomic E-state index is -0.163. The molecule has 0 aliphatic carbocycles. The smallest absolute Gasteiger partial charge is 0.255 e. The number of aryl methyl sites for hydroxylation is 1. The van der Waals surface area contributed by atoms with E-state index in [9.17, 15) is 4.79 Å². The highest BCUT2D eigenvalue weighted by Crippen LogP contribution is 2.21. The van der Waals surface area contributed by atoms with Gasteiger partial charge in [-0.2, -0.15) is 5.26 Å². The van der Waals surface area contributed by atoms with Gasteiger partial charge in [-0.1, -0.05) is 18.2 Å². The van der Waals surface area contributed by atoms with Crippen LogP contribution in [0.3, 0.4) is 0 Å². The van der Waals surface area contributed by atoms with Gasteiger partial charge < -0.3 is 9.47 Å². The number of rotatable bonds is 3. The SMILES string of the molecule is C[C@@H](C#N)CN(C)C(=O)c1cn(C)c2ccccc12. The van der Waals surface area contributed by atoms with Gasteiger partial charge in [0.2, 0.25) is 0 Å². The van der Waals surface area contributed by atoms with Gasteiger partial charge in [0, 0.05) is 37.7 Å². The number of para-hydroxylation sites is 1. The maximum Gasteiger partial charge on any atom is 0.255 e. The summed E-state index contributed by atoms with van der Waals surface area (Å²) in [6.45, 7) is 2.26. The van der Waals surface area contributed by atoms with Gasteiger partial charge in [-0.3, -0.25) is 4.79 Å². The zero-order valence-corrected chi connectivity index (χ0v) is 11.4. The zero-order chi connectivity index (χ0) is 14.0. The van der Waals surface area contributed by atoms with Crippen molar-refractivity contribution >= 4 is 16.8 Å². The Bertz CT molecular complexity index is 651. The number of hydrogen-bond acceptors (Lipinski definition) is 2. The molecule has 0 radical (unpaired) electrons. The molecule has 2 rings (SSSR count). The number of benzene rings is 1. The molecule has 98 valence electrons. The van der Waals surface area contributed by atoms with Gasteiger partial charge in [0.1, 0.15) is 0 Å². The molecule has 0 fully saturated rings. The molecule has 4 nitrogen and oxygen atoms in total. The van der Waals surface area contributed by atoms with Crippen LogP contribution in [0.2, 0.25) is 0 Å². The number of hydrogen-bond donors (Lipinski definition) is 0. The molecule has 1 amide bonds. The Morgan fingerprint density at radius 2 is 2.16 bits per heavy atom. The fourth-order valence-electron chi connectivity index (χ4n) is 2.25. The molecule has 0 unspecified atom stereocenters. The summed E-state index contributed by atoms with van der Waals surface area (Å²) in [5.74, 6) is -0.206. The molecule has 0 bridgehead atoms. The molecule has 1 aromatic heterocycles. The average molecular weight is 255 g/mol. The molecule has 0 spiro atoms. The van der Waals surface area contributed by atoms with Crippen molar-refractivity contribution in [1.29, 1.82) is 5.26 Å². The first-order valence-electron chi connectivity index (χ1n) is 6.23. The molecule has 0 saturated heterocycles. The van der Waals surface area contributed by atoms with Gasteiger partial charge in [0.15, 0.2) is 0 Å². The summed E-state index contributed by atoms with van der Waals surface area (Å²) < 4.78 is 1.95. The summed E-state index contributed by atoms with van der Waals surface area (Å²) in [5.41, 5.74) is 1.72. The molecule has 4 heteroatoms. The standard InChI is InChI=1S/C15H17N3O/c1-11(8-16)9-18(3)15(19)13-10-17(2)14-7-5-4-6-12(13)14/h4-7,10-11H,9H2,1-3H3/t11-/m0/s1. The van der Waals surface area contributed by atoms with Gasteiger partial charge in [0.25, 0.3) is 5.91 Å². The van der Waals surface area contributed by atoms with Crippen molar-refractivity contribution in [1.82, 2.24) is 9.47 Å². The maximum atomic E-state index is 12.4. The lowest BCUT2D eigenvalue weighted by atomic mass is 10.1. The second-order valence-electron chi connectivity index (χ2n) is 4.89. The number of nitriles is 1. The van der Waals surface area contributed by atoms with Crippen molar-refractivity contribution in [3.63, 3.8) is 0 Å². The molecule has 1 aromatic carbocycles. The van der Waals surface area contributed by atoms with Crippen LogP contribution in [0.15, 0.2) is 30.5 Å². The lowest BCUT2D eigenvalue weighted by Gasteiger charge is -2.17. The Hall–Kier alpha value is -2.28. The van der Waals surface area contributed by atoms with Crippen LogP contribution in [0.1, 0.15) is 17.3 Å². The van der Waals surface area contributed by atoms with Crippen molar-refractivity contribution in [3.05, 3.63) is 36.0 Å². The second kappa shape index (κ2) is 5.15. The minimum absolute atomic E-state index is 0.0427. The second-order valence-corrected chi connectivity index (χ2v) is 4.89. The summed E-state index contributed by atoms with van der Waals surface area (Å²) in [7, 11) is 3.66. The van der Waals surface area contributed by atoms with Crippen molar-refractivity contribution in [2.24, 2.45) is 13.0 Å². The molecule has 0 N–H and O–H groups in total. The third kappa shape index (κ3) is 2.45. The van der Waals surface area contributed by atoms with Gasteiger partial charge in [0.05, 0.1) is 17.6 Å². The molecule has 19 heavy (non-hydrogen) atoms. The number of aromatic nitrogens is 1. The fourth-order valence-corrected chi connectivity index (χ4v) is 2.25. The Labute approximate surface area is 112 Å². The molecule has 2 aromatic rings. The summed E-state index contributed by atoms with van der Waals surface area (Å²) in [5, 5.41) is 9.77. The Morgan fingerprint density at radius 3 is 2.84 bits per heavy atom. The predicted molar refractivity (Wildman–Crippen MR) is 74.7 cm³/mol. The van der Waals surface area contributed by atoms with Gasteiger partial charge in [-0.25, -0.2) is 0 Å². The molecule has 0 aliphatic heterocycles. The van der Waals surface area contributed by atoms with E-state index in [0.29, 0.717) is 12.1 Å². The molecular weight excluding hydrogens is 238 g/mol. The summed E-state index contributed by atoms with van der Waals surface area (Å²) in [6.07, 6.45) is 1.85. The van der Waals surface area contributed by atoms with Gasteiger partial charge in [-0.05, 0) is 13.0 Å². The lowest BCUT2D eigenvalue weighted by molar-refractivity contribution is 0.0787. The Morgan fingerprint density at radius 1 is 1.47 bits per heavy atom. The van der Waals surface area contributed by atoms with Crippen molar-refractivity contribution in [3.8, 4) is 6.07 Å². The fraction of sp³-hybridized carbons (Fsp3) is 0.333. The monoisotopic (exact) mass is 255 g/mol. The van der Waals surface area contributed by atoms with Gasteiger partial charge in [-0.15, -0.1) is 0 Å². The van der Waals surface area contributed by atoms with Crippen LogP contribution >= 0.6 is 0 Å². The third-order valence-corrected chi connectivity index (χ3v) is 3.24. The largest absolute Gasteiger partial charge is 0.350 e. The number of fused-ring (bicyclic) bond motifs is 1. The average Bonchev–Trinajstić information content (AvgIpc) is 2.75. The van der Waals surface area contributed by atoms with Crippen LogP contribution in [-0.2, 0) is 7.05 Å². The zero-order valence-electron chi connectivity index (χ0n) is 11.4. The summed E-state index contributed by atoms with van der Waals surface area (Å²) in [4.78, 5) is 14.0. The quantitative estimate of drug-likeness (QED) is 0.845. The van der Waals surface area contributed by atoms with E-state index in [1.54, 1.807) is 11.9 Å². The number of carbonyl (C=O) groups is 1. The predicted octanol–water partition coefficient (Wildman–Crippen LogP) is 2.41. The van der Waals surface area contributed by atoms with E-state index in [1.165, 1.54) is 0 Å².